The molecule has 0 unspecified atom stereocenters. The van der Waals surface area contributed by atoms with Crippen LogP contribution in [0, 0.1) is 0 Å². The minimum Gasteiger partial charge on any atom is -0.381 e. The Bertz CT molecular complexity index is 364. The van der Waals surface area contributed by atoms with Gasteiger partial charge >= 0.3 is 0 Å². The predicted octanol–water partition coefficient (Wildman–Crippen LogP) is 1.81. The first-order valence-corrected chi connectivity index (χ1v) is 6.77. The number of hydrogen-bond donors (Lipinski definition) is 1. The van der Waals surface area contributed by atoms with Gasteiger partial charge in [0.1, 0.15) is 5.82 Å². The van der Waals surface area contributed by atoms with E-state index in [4.69, 9.17) is 4.74 Å². The lowest BCUT2D eigenvalue weighted by atomic mass is 10.1. The number of hydrogen-bond acceptors (Lipinski definition) is 4. The van der Waals surface area contributed by atoms with Gasteiger partial charge in [-0.1, -0.05) is 6.92 Å². The minimum atomic E-state index is 0.556. The van der Waals surface area contributed by atoms with E-state index < -0.39 is 0 Å². The van der Waals surface area contributed by atoms with Crippen LogP contribution in [0.25, 0.3) is 0 Å². The molecule has 1 N–H and O–H groups in total. The summed E-state index contributed by atoms with van der Waals surface area (Å²) in [5.74, 6) is 1.07. The summed E-state index contributed by atoms with van der Waals surface area (Å²) in [5, 5.41) is 3.34. The van der Waals surface area contributed by atoms with E-state index in [0.717, 1.165) is 45.0 Å². The first-order valence-electron chi connectivity index (χ1n) is 6.77. The normalized spacial score (nSPS) is 16.8. The third-order valence-electron chi connectivity index (χ3n) is 3.49. The van der Waals surface area contributed by atoms with Gasteiger partial charge in [0.25, 0.3) is 0 Å². The Hall–Kier alpha value is -1.13. The number of nitrogens with one attached hydrogen (secondary N) is 1. The molecule has 0 aliphatic carbocycles. The summed E-state index contributed by atoms with van der Waals surface area (Å²) in [5.41, 5.74) is 1.29. The summed E-state index contributed by atoms with van der Waals surface area (Å²) in [6.45, 7) is 5.76. The molecule has 2 rings (SSSR count). The maximum atomic E-state index is 5.41. The molecule has 1 aliphatic rings. The van der Waals surface area contributed by atoms with Crippen LogP contribution in [0.2, 0.25) is 0 Å². The van der Waals surface area contributed by atoms with Gasteiger partial charge in [-0.2, -0.15) is 0 Å². The molecule has 0 radical (unpaired) electrons. The van der Waals surface area contributed by atoms with Crippen LogP contribution >= 0.6 is 0 Å². The van der Waals surface area contributed by atoms with Crippen LogP contribution in [0.5, 0.6) is 0 Å². The smallest absolute Gasteiger partial charge is 0.128 e. The molecule has 1 saturated heterocycles. The van der Waals surface area contributed by atoms with E-state index in [-0.39, 0.29) is 0 Å². The van der Waals surface area contributed by atoms with Crippen molar-refractivity contribution in [1.82, 2.24) is 10.3 Å². The van der Waals surface area contributed by atoms with Crippen molar-refractivity contribution in [2.45, 2.75) is 32.4 Å². The van der Waals surface area contributed by atoms with E-state index in [2.05, 4.69) is 41.3 Å². The van der Waals surface area contributed by atoms with Crippen molar-refractivity contribution in [1.29, 1.82) is 0 Å². The van der Waals surface area contributed by atoms with Gasteiger partial charge in [-0.15, -0.1) is 0 Å². The van der Waals surface area contributed by atoms with E-state index in [9.17, 15) is 0 Å². The van der Waals surface area contributed by atoms with Gasteiger partial charge in [-0.05, 0) is 37.1 Å². The molecule has 2 heterocycles. The standard InChI is InChI=1S/C14H23N3O/c1-3-15-11-12-4-7-16-14(10-12)17(2)13-5-8-18-9-6-13/h4,7,10,13,15H,3,5-6,8-9,11H2,1-2H3. The van der Waals surface area contributed by atoms with Crippen LogP contribution < -0.4 is 10.2 Å². The van der Waals surface area contributed by atoms with E-state index >= 15 is 0 Å². The van der Waals surface area contributed by atoms with E-state index in [1.54, 1.807) is 0 Å². The molecule has 4 heteroatoms. The summed E-state index contributed by atoms with van der Waals surface area (Å²) in [4.78, 5) is 6.77. The average Bonchev–Trinajstić information content (AvgIpc) is 2.45. The van der Waals surface area contributed by atoms with Crippen LogP contribution in [-0.4, -0.2) is 37.8 Å². The first kappa shape index (κ1) is 13.3. The maximum absolute atomic E-state index is 5.41. The second-order valence-corrected chi connectivity index (χ2v) is 4.76. The van der Waals surface area contributed by atoms with E-state index in [1.807, 2.05) is 6.20 Å². The largest absolute Gasteiger partial charge is 0.381 e. The predicted molar refractivity (Wildman–Crippen MR) is 73.9 cm³/mol. The minimum absolute atomic E-state index is 0.556. The average molecular weight is 249 g/mol. The molecular formula is C14H23N3O. The molecule has 1 aromatic heterocycles. The second kappa shape index (κ2) is 6.71. The highest BCUT2D eigenvalue weighted by molar-refractivity contribution is 5.41. The van der Waals surface area contributed by atoms with Gasteiger partial charge in [-0.25, -0.2) is 4.98 Å². The van der Waals surface area contributed by atoms with Crippen molar-refractivity contribution in [3.63, 3.8) is 0 Å². The van der Waals surface area contributed by atoms with E-state index in [0.29, 0.717) is 6.04 Å². The van der Waals surface area contributed by atoms with Crippen molar-refractivity contribution >= 4 is 5.82 Å². The zero-order valence-electron chi connectivity index (χ0n) is 11.4. The quantitative estimate of drug-likeness (QED) is 0.863. The van der Waals surface area contributed by atoms with Crippen LogP contribution in [-0.2, 0) is 11.3 Å². The van der Waals surface area contributed by atoms with Crippen molar-refractivity contribution < 1.29 is 4.74 Å². The van der Waals surface area contributed by atoms with Gasteiger partial charge in [-0.3, -0.25) is 0 Å². The summed E-state index contributed by atoms with van der Waals surface area (Å²) >= 11 is 0. The van der Waals surface area contributed by atoms with E-state index in [1.165, 1.54) is 5.56 Å². The first-order chi connectivity index (χ1) is 8.81. The Morgan fingerprint density at radius 2 is 2.22 bits per heavy atom. The van der Waals surface area contributed by atoms with Crippen molar-refractivity contribution in [3.05, 3.63) is 23.9 Å². The Labute approximate surface area is 109 Å². The summed E-state index contributed by atoms with van der Waals surface area (Å²) < 4.78 is 5.41. The van der Waals surface area contributed by atoms with Crippen LogP contribution in [0.4, 0.5) is 5.82 Å². The fraction of sp³-hybridized carbons (Fsp3) is 0.643. The molecule has 0 amide bonds. The fourth-order valence-corrected chi connectivity index (χ4v) is 2.29. The Balaban J connectivity index is 2.02. The Morgan fingerprint density at radius 1 is 1.44 bits per heavy atom. The van der Waals surface area contributed by atoms with Gasteiger partial charge in [0, 0.05) is 39.0 Å². The van der Waals surface area contributed by atoms with Crippen molar-refractivity contribution in [3.8, 4) is 0 Å². The summed E-state index contributed by atoms with van der Waals surface area (Å²) in [6.07, 6.45) is 4.09. The number of anilines is 1. The zero-order chi connectivity index (χ0) is 12.8. The fourth-order valence-electron chi connectivity index (χ4n) is 2.29. The molecule has 0 aromatic carbocycles. The molecule has 1 fully saturated rings. The number of nitrogens with zero attached hydrogens (tertiary/aromatic N) is 2. The maximum Gasteiger partial charge on any atom is 0.128 e. The van der Waals surface area contributed by atoms with Gasteiger partial charge < -0.3 is 15.0 Å². The monoisotopic (exact) mass is 249 g/mol. The molecule has 0 saturated carbocycles. The number of pyridine rings is 1. The number of ether oxygens (including phenoxy) is 1. The van der Waals surface area contributed by atoms with Crippen molar-refractivity contribution in [2.24, 2.45) is 0 Å². The lowest BCUT2D eigenvalue weighted by molar-refractivity contribution is 0.0853. The molecule has 100 valence electrons. The highest BCUT2D eigenvalue weighted by Crippen LogP contribution is 2.19. The molecule has 4 nitrogen and oxygen atoms in total. The van der Waals surface area contributed by atoms with Crippen LogP contribution in [0.3, 0.4) is 0 Å². The third-order valence-corrected chi connectivity index (χ3v) is 3.49. The van der Waals surface area contributed by atoms with Gasteiger partial charge in [0.05, 0.1) is 0 Å². The SMILES string of the molecule is CCNCc1ccnc(N(C)C2CCOCC2)c1. The zero-order valence-corrected chi connectivity index (χ0v) is 11.4. The molecule has 18 heavy (non-hydrogen) atoms. The Kier molecular flexibility index (Phi) is 4.96. The van der Waals surface area contributed by atoms with Gasteiger partial charge in [0.15, 0.2) is 0 Å². The number of rotatable bonds is 5. The summed E-state index contributed by atoms with van der Waals surface area (Å²) in [6, 6.07) is 4.81. The highest BCUT2D eigenvalue weighted by Gasteiger charge is 2.19. The van der Waals surface area contributed by atoms with Crippen LogP contribution in [0.15, 0.2) is 18.3 Å². The third kappa shape index (κ3) is 3.43. The lowest BCUT2D eigenvalue weighted by Gasteiger charge is -2.32. The second-order valence-electron chi connectivity index (χ2n) is 4.76. The van der Waals surface area contributed by atoms with Crippen molar-refractivity contribution in [2.75, 3.05) is 31.7 Å². The summed E-state index contributed by atoms with van der Waals surface area (Å²) in [7, 11) is 2.13. The topological polar surface area (TPSA) is 37.4 Å². The highest BCUT2D eigenvalue weighted by atomic mass is 16.5. The Morgan fingerprint density at radius 3 is 2.94 bits per heavy atom. The molecular weight excluding hydrogens is 226 g/mol. The lowest BCUT2D eigenvalue weighted by Crippen LogP contribution is -2.37. The van der Waals surface area contributed by atoms with Crippen LogP contribution in [0.1, 0.15) is 25.3 Å². The molecule has 0 atom stereocenters. The molecule has 0 bridgehead atoms. The van der Waals surface area contributed by atoms with Gasteiger partial charge in [0.2, 0.25) is 0 Å². The molecule has 1 aliphatic heterocycles. The molecule has 1 aromatic rings. The number of aromatic nitrogens is 1. The molecule has 0 spiro atoms.